The lowest BCUT2D eigenvalue weighted by Gasteiger charge is -1.95. The molecule has 1 aliphatic rings. The van der Waals surface area contributed by atoms with Crippen LogP contribution in [-0.4, -0.2) is 9.97 Å². The summed E-state index contributed by atoms with van der Waals surface area (Å²) in [7, 11) is 0. The van der Waals surface area contributed by atoms with Gasteiger partial charge in [0.05, 0.1) is 18.1 Å². The van der Waals surface area contributed by atoms with Crippen LogP contribution in [0.25, 0.3) is 6.08 Å². The second-order valence-electron chi connectivity index (χ2n) is 3.28. The molecule has 0 aliphatic heterocycles. The normalized spacial score (nSPS) is 16.2. The summed E-state index contributed by atoms with van der Waals surface area (Å²) in [6.07, 6.45) is 9.40. The fraction of sp³-hybridized carbons (Fsp3) is 0.400. The molecule has 0 radical (unpaired) electrons. The molecular formula is C10H11FN2. The minimum Gasteiger partial charge on any atom is -0.258 e. The number of aromatic nitrogens is 2. The predicted molar refractivity (Wildman–Crippen MR) is 48.4 cm³/mol. The Morgan fingerprint density at radius 3 is 2.69 bits per heavy atom. The van der Waals surface area contributed by atoms with E-state index < -0.39 is 5.95 Å². The number of hydrogen-bond donors (Lipinski definition) is 0. The Balaban J connectivity index is 2.21. The van der Waals surface area contributed by atoms with Crippen molar-refractivity contribution >= 4 is 6.08 Å². The van der Waals surface area contributed by atoms with E-state index in [4.69, 9.17) is 0 Å². The molecular weight excluding hydrogens is 167 g/mol. The lowest BCUT2D eigenvalue weighted by Crippen LogP contribution is -1.88. The number of rotatable bonds is 1. The van der Waals surface area contributed by atoms with E-state index in [9.17, 15) is 4.39 Å². The first-order chi connectivity index (χ1) is 6.34. The molecule has 0 saturated heterocycles. The van der Waals surface area contributed by atoms with Crippen LogP contribution in [0.4, 0.5) is 4.39 Å². The van der Waals surface area contributed by atoms with Crippen LogP contribution in [0.1, 0.15) is 31.4 Å². The van der Waals surface area contributed by atoms with Gasteiger partial charge in [0.25, 0.3) is 0 Å². The minimum atomic E-state index is -0.507. The maximum Gasteiger partial charge on any atom is 0.231 e. The van der Waals surface area contributed by atoms with Gasteiger partial charge in [-0.1, -0.05) is 5.57 Å². The highest BCUT2D eigenvalue weighted by atomic mass is 19.1. The fourth-order valence-corrected chi connectivity index (χ4v) is 1.61. The van der Waals surface area contributed by atoms with Gasteiger partial charge in [-0.15, -0.1) is 0 Å². The molecule has 1 aromatic heterocycles. The quantitative estimate of drug-likeness (QED) is 0.660. The predicted octanol–water partition coefficient (Wildman–Crippen LogP) is 2.57. The molecule has 0 spiro atoms. The van der Waals surface area contributed by atoms with Gasteiger partial charge in [-0.05, 0) is 31.8 Å². The summed E-state index contributed by atoms with van der Waals surface area (Å²) in [6, 6.07) is 0. The van der Waals surface area contributed by atoms with Gasteiger partial charge in [0.1, 0.15) is 0 Å². The number of allylic oxidation sites excluding steroid dienone is 1. The molecule has 1 aromatic rings. The third-order valence-electron chi connectivity index (χ3n) is 2.22. The van der Waals surface area contributed by atoms with Crippen molar-refractivity contribution < 1.29 is 4.39 Å². The first-order valence-electron chi connectivity index (χ1n) is 4.51. The van der Waals surface area contributed by atoms with Crippen LogP contribution in [0.5, 0.6) is 0 Å². The summed E-state index contributed by atoms with van der Waals surface area (Å²) in [5, 5.41) is 0. The molecule has 1 fully saturated rings. The van der Waals surface area contributed by atoms with Gasteiger partial charge >= 0.3 is 0 Å². The van der Waals surface area contributed by atoms with Crippen molar-refractivity contribution in [1.29, 1.82) is 0 Å². The van der Waals surface area contributed by atoms with Gasteiger partial charge in [0.2, 0.25) is 5.95 Å². The van der Waals surface area contributed by atoms with Crippen LogP contribution in [0.3, 0.4) is 0 Å². The largest absolute Gasteiger partial charge is 0.258 e. The van der Waals surface area contributed by atoms with E-state index >= 15 is 0 Å². The molecule has 2 nitrogen and oxygen atoms in total. The molecule has 3 heteroatoms. The number of hydrogen-bond acceptors (Lipinski definition) is 2. The second-order valence-corrected chi connectivity index (χ2v) is 3.28. The fourth-order valence-electron chi connectivity index (χ4n) is 1.61. The van der Waals surface area contributed by atoms with Crippen LogP contribution in [0.2, 0.25) is 0 Å². The zero-order chi connectivity index (χ0) is 9.10. The Kier molecular flexibility index (Phi) is 2.34. The van der Waals surface area contributed by atoms with E-state index in [-0.39, 0.29) is 0 Å². The molecule has 0 atom stereocenters. The van der Waals surface area contributed by atoms with Gasteiger partial charge in [-0.3, -0.25) is 4.98 Å². The van der Waals surface area contributed by atoms with E-state index in [1.54, 1.807) is 6.20 Å². The molecule has 0 aromatic carbocycles. The van der Waals surface area contributed by atoms with E-state index in [0.717, 1.165) is 19.0 Å². The SMILES string of the molecule is Fc1cncc(C=C2CCCC2)n1. The first-order valence-corrected chi connectivity index (χ1v) is 4.51. The summed E-state index contributed by atoms with van der Waals surface area (Å²) < 4.78 is 12.6. The average molecular weight is 178 g/mol. The third-order valence-corrected chi connectivity index (χ3v) is 2.22. The summed E-state index contributed by atoms with van der Waals surface area (Å²) in [5.74, 6) is -0.507. The zero-order valence-electron chi connectivity index (χ0n) is 7.33. The van der Waals surface area contributed by atoms with Crippen molar-refractivity contribution in [2.45, 2.75) is 25.7 Å². The maximum atomic E-state index is 12.6. The van der Waals surface area contributed by atoms with E-state index in [2.05, 4.69) is 9.97 Å². The van der Waals surface area contributed by atoms with Crippen LogP contribution in [0.15, 0.2) is 18.0 Å². The minimum absolute atomic E-state index is 0.507. The Morgan fingerprint density at radius 1 is 1.23 bits per heavy atom. The van der Waals surface area contributed by atoms with E-state index in [1.807, 2.05) is 6.08 Å². The highest BCUT2D eigenvalue weighted by Gasteiger charge is 2.06. The van der Waals surface area contributed by atoms with Crippen molar-refractivity contribution in [3.63, 3.8) is 0 Å². The van der Waals surface area contributed by atoms with Crippen LogP contribution >= 0.6 is 0 Å². The van der Waals surface area contributed by atoms with Crippen LogP contribution in [-0.2, 0) is 0 Å². The maximum absolute atomic E-state index is 12.6. The summed E-state index contributed by atoms with van der Waals surface area (Å²) in [6.45, 7) is 0. The number of nitrogens with zero attached hydrogens (tertiary/aromatic N) is 2. The van der Waals surface area contributed by atoms with Crippen molar-refractivity contribution in [3.05, 3.63) is 29.6 Å². The van der Waals surface area contributed by atoms with Crippen molar-refractivity contribution in [2.24, 2.45) is 0 Å². The van der Waals surface area contributed by atoms with Crippen LogP contribution in [0, 0.1) is 5.95 Å². The number of halogens is 1. The highest BCUT2D eigenvalue weighted by molar-refractivity contribution is 5.48. The molecule has 1 heterocycles. The Hall–Kier alpha value is -1.25. The summed E-state index contributed by atoms with van der Waals surface area (Å²) >= 11 is 0. The Bertz CT molecular complexity index is 325. The lowest BCUT2D eigenvalue weighted by molar-refractivity contribution is 0.575. The standard InChI is InChI=1S/C10H11FN2/c11-10-7-12-6-9(13-10)5-8-3-1-2-4-8/h5-7H,1-4H2. The molecule has 2 rings (SSSR count). The smallest absolute Gasteiger partial charge is 0.231 e. The third kappa shape index (κ3) is 2.11. The molecule has 1 saturated carbocycles. The first kappa shape index (κ1) is 8.35. The molecule has 0 bridgehead atoms. The summed E-state index contributed by atoms with van der Waals surface area (Å²) in [5.41, 5.74) is 2.00. The van der Waals surface area contributed by atoms with Gasteiger partial charge in [-0.2, -0.15) is 4.39 Å². The van der Waals surface area contributed by atoms with Gasteiger partial charge in [0.15, 0.2) is 0 Å². The Labute approximate surface area is 76.5 Å². The lowest BCUT2D eigenvalue weighted by atomic mass is 10.2. The molecule has 1 aliphatic carbocycles. The molecule has 0 amide bonds. The van der Waals surface area contributed by atoms with E-state index in [1.165, 1.54) is 18.4 Å². The van der Waals surface area contributed by atoms with Crippen molar-refractivity contribution in [2.75, 3.05) is 0 Å². The van der Waals surface area contributed by atoms with Crippen molar-refractivity contribution in [3.8, 4) is 0 Å². The molecule has 13 heavy (non-hydrogen) atoms. The molecule has 68 valence electrons. The Morgan fingerprint density at radius 2 is 2.00 bits per heavy atom. The zero-order valence-corrected chi connectivity index (χ0v) is 7.33. The van der Waals surface area contributed by atoms with Crippen LogP contribution < -0.4 is 0 Å². The molecule has 0 N–H and O–H groups in total. The average Bonchev–Trinajstić information content (AvgIpc) is 2.57. The summed E-state index contributed by atoms with van der Waals surface area (Å²) in [4.78, 5) is 7.48. The van der Waals surface area contributed by atoms with Gasteiger partial charge < -0.3 is 0 Å². The van der Waals surface area contributed by atoms with E-state index in [0.29, 0.717) is 5.69 Å². The second kappa shape index (κ2) is 3.64. The topological polar surface area (TPSA) is 25.8 Å². The van der Waals surface area contributed by atoms with Gasteiger partial charge in [-0.25, -0.2) is 4.98 Å². The van der Waals surface area contributed by atoms with Gasteiger partial charge in [0, 0.05) is 0 Å². The molecule has 0 unspecified atom stereocenters. The monoisotopic (exact) mass is 178 g/mol. The highest BCUT2D eigenvalue weighted by Crippen LogP contribution is 2.25. The van der Waals surface area contributed by atoms with Crippen molar-refractivity contribution in [1.82, 2.24) is 9.97 Å².